The van der Waals surface area contributed by atoms with Gasteiger partial charge in [0.05, 0.1) is 12.1 Å². The summed E-state index contributed by atoms with van der Waals surface area (Å²) in [6.45, 7) is 6.96. The van der Waals surface area contributed by atoms with E-state index in [1.165, 1.54) is 0 Å². The summed E-state index contributed by atoms with van der Waals surface area (Å²) >= 11 is 0. The van der Waals surface area contributed by atoms with Crippen LogP contribution in [-0.4, -0.2) is 30.6 Å². The van der Waals surface area contributed by atoms with Crippen molar-refractivity contribution in [2.24, 2.45) is 5.92 Å². The minimum absolute atomic E-state index is 0.0368. The molecule has 0 heterocycles. The van der Waals surface area contributed by atoms with E-state index in [4.69, 9.17) is 9.47 Å². The van der Waals surface area contributed by atoms with Crippen molar-refractivity contribution in [3.63, 3.8) is 0 Å². The number of benzene rings is 1. The molecule has 1 rings (SSSR count). The first-order valence-electron chi connectivity index (χ1n) is 8.20. The lowest BCUT2D eigenvalue weighted by Crippen LogP contribution is -2.34. The number of amides is 1. The third-order valence-corrected chi connectivity index (χ3v) is 3.14. The monoisotopic (exact) mass is 347 g/mol. The molecule has 1 unspecified atom stereocenters. The lowest BCUT2D eigenvalue weighted by Gasteiger charge is -2.20. The van der Waals surface area contributed by atoms with E-state index in [-0.39, 0.29) is 24.5 Å². The normalized spacial score (nSPS) is 12.2. The Balaban J connectivity index is 2.66. The van der Waals surface area contributed by atoms with Crippen LogP contribution in [0.25, 0.3) is 0 Å². The second kappa shape index (κ2) is 10.3. The standard InChI is InChI=1S/C19H25NO5/c1-13(2)19(23)20-16(15-8-6-5-7-9-15)12-24-17(21)10-11-18(22)25-14(3)4/h5-11,13-14,16H,12H2,1-4H3,(H,20,23)/b11-10+. The number of carbonyl (C=O) groups excluding carboxylic acids is 3. The molecule has 0 aliphatic carbocycles. The van der Waals surface area contributed by atoms with E-state index in [1.807, 2.05) is 30.3 Å². The van der Waals surface area contributed by atoms with Crippen molar-refractivity contribution in [1.29, 1.82) is 0 Å². The smallest absolute Gasteiger partial charge is 0.331 e. The summed E-state index contributed by atoms with van der Waals surface area (Å²) in [6.07, 6.45) is 1.77. The Kier molecular flexibility index (Phi) is 8.39. The maximum atomic E-state index is 12.0. The minimum Gasteiger partial charge on any atom is -0.460 e. The minimum atomic E-state index is -0.680. The quantitative estimate of drug-likeness (QED) is 0.577. The molecule has 0 aliphatic heterocycles. The fraction of sp³-hybridized carbons (Fsp3) is 0.421. The summed E-state index contributed by atoms with van der Waals surface area (Å²) in [7, 11) is 0. The molecule has 1 aromatic rings. The molecule has 0 aromatic heterocycles. The van der Waals surface area contributed by atoms with Gasteiger partial charge in [-0.3, -0.25) is 4.79 Å². The zero-order valence-corrected chi connectivity index (χ0v) is 15.0. The van der Waals surface area contributed by atoms with Crippen LogP contribution in [-0.2, 0) is 23.9 Å². The Labute approximate surface area is 148 Å². The molecule has 0 bridgehead atoms. The predicted octanol–water partition coefficient (Wildman–Crippen LogP) is 2.55. The zero-order chi connectivity index (χ0) is 18.8. The topological polar surface area (TPSA) is 81.7 Å². The number of nitrogens with one attached hydrogen (secondary N) is 1. The Bertz CT molecular complexity index is 608. The molecule has 1 aromatic carbocycles. The van der Waals surface area contributed by atoms with Gasteiger partial charge < -0.3 is 14.8 Å². The van der Waals surface area contributed by atoms with Crippen LogP contribution < -0.4 is 5.32 Å². The Morgan fingerprint density at radius 2 is 1.60 bits per heavy atom. The van der Waals surface area contributed by atoms with Crippen LogP contribution in [0.15, 0.2) is 42.5 Å². The number of carbonyl (C=O) groups is 3. The number of ether oxygens (including phenoxy) is 2. The third-order valence-electron chi connectivity index (χ3n) is 3.14. The maximum Gasteiger partial charge on any atom is 0.331 e. The van der Waals surface area contributed by atoms with Crippen molar-refractivity contribution >= 4 is 17.8 Å². The van der Waals surface area contributed by atoms with E-state index in [1.54, 1.807) is 27.7 Å². The van der Waals surface area contributed by atoms with E-state index in [9.17, 15) is 14.4 Å². The molecular weight excluding hydrogens is 322 g/mol. The summed E-state index contributed by atoms with van der Waals surface area (Å²) in [5, 5.41) is 2.85. The number of hydrogen-bond donors (Lipinski definition) is 1. The Morgan fingerprint density at radius 3 is 2.16 bits per heavy atom. The summed E-state index contributed by atoms with van der Waals surface area (Å²) in [6, 6.07) is 8.77. The first kappa shape index (κ1) is 20.4. The van der Waals surface area contributed by atoms with Gasteiger partial charge in [-0.25, -0.2) is 9.59 Å². The van der Waals surface area contributed by atoms with Gasteiger partial charge in [-0.15, -0.1) is 0 Å². The fourth-order valence-corrected chi connectivity index (χ4v) is 1.87. The van der Waals surface area contributed by atoms with Gasteiger partial charge in [0.15, 0.2) is 0 Å². The average Bonchev–Trinajstić information content (AvgIpc) is 2.56. The fourth-order valence-electron chi connectivity index (χ4n) is 1.87. The molecule has 0 fully saturated rings. The highest BCUT2D eigenvalue weighted by molar-refractivity contribution is 5.91. The lowest BCUT2D eigenvalue weighted by atomic mass is 10.1. The third kappa shape index (κ3) is 8.15. The van der Waals surface area contributed by atoms with Crippen LogP contribution in [0.4, 0.5) is 0 Å². The molecule has 1 atom stereocenters. The molecule has 25 heavy (non-hydrogen) atoms. The highest BCUT2D eigenvalue weighted by Crippen LogP contribution is 2.14. The summed E-state index contributed by atoms with van der Waals surface area (Å²) in [4.78, 5) is 35.1. The second-order valence-electron chi connectivity index (χ2n) is 6.08. The highest BCUT2D eigenvalue weighted by atomic mass is 16.5. The predicted molar refractivity (Wildman–Crippen MR) is 93.5 cm³/mol. The van der Waals surface area contributed by atoms with Crippen LogP contribution in [0.2, 0.25) is 0 Å². The average molecular weight is 347 g/mol. The van der Waals surface area contributed by atoms with Crippen molar-refractivity contribution in [3.8, 4) is 0 Å². The van der Waals surface area contributed by atoms with E-state index in [0.29, 0.717) is 0 Å². The van der Waals surface area contributed by atoms with Crippen LogP contribution in [0.5, 0.6) is 0 Å². The maximum absolute atomic E-state index is 12.0. The van der Waals surface area contributed by atoms with Gasteiger partial charge in [0.25, 0.3) is 0 Å². The summed E-state index contributed by atoms with van der Waals surface area (Å²) < 4.78 is 10.0. The van der Waals surface area contributed by atoms with E-state index in [0.717, 1.165) is 17.7 Å². The second-order valence-corrected chi connectivity index (χ2v) is 6.08. The van der Waals surface area contributed by atoms with Gasteiger partial charge in [0, 0.05) is 18.1 Å². The van der Waals surface area contributed by atoms with Crippen LogP contribution >= 0.6 is 0 Å². The number of esters is 2. The largest absolute Gasteiger partial charge is 0.460 e. The molecule has 0 aliphatic rings. The van der Waals surface area contributed by atoms with Gasteiger partial charge in [0.1, 0.15) is 6.61 Å². The molecule has 0 radical (unpaired) electrons. The van der Waals surface area contributed by atoms with Gasteiger partial charge in [0.2, 0.25) is 5.91 Å². The molecule has 1 amide bonds. The van der Waals surface area contributed by atoms with Crippen LogP contribution in [0.3, 0.4) is 0 Å². The Hall–Kier alpha value is -2.63. The van der Waals surface area contributed by atoms with Crippen molar-refractivity contribution < 1.29 is 23.9 Å². The summed E-state index contributed by atoms with van der Waals surface area (Å²) in [5.41, 5.74) is 0.826. The van der Waals surface area contributed by atoms with E-state index < -0.39 is 18.0 Å². The SMILES string of the molecule is CC(C)OC(=O)/C=C/C(=O)OCC(NC(=O)C(C)C)c1ccccc1. The van der Waals surface area contributed by atoms with Crippen molar-refractivity contribution in [2.45, 2.75) is 39.8 Å². The molecule has 6 nitrogen and oxygen atoms in total. The first-order chi connectivity index (χ1) is 11.8. The lowest BCUT2D eigenvalue weighted by molar-refractivity contribution is -0.143. The van der Waals surface area contributed by atoms with Gasteiger partial charge in [-0.1, -0.05) is 44.2 Å². The molecular formula is C19H25NO5. The van der Waals surface area contributed by atoms with Crippen LogP contribution in [0, 0.1) is 5.92 Å². The molecule has 0 spiro atoms. The first-order valence-corrected chi connectivity index (χ1v) is 8.20. The zero-order valence-electron chi connectivity index (χ0n) is 15.0. The number of hydrogen-bond acceptors (Lipinski definition) is 5. The molecule has 1 N–H and O–H groups in total. The van der Waals surface area contributed by atoms with Crippen molar-refractivity contribution in [1.82, 2.24) is 5.32 Å². The Morgan fingerprint density at radius 1 is 1.00 bits per heavy atom. The van der Waals surface area contributed by atoms with Crippen molar-refractivity contribution in [2.75, 3.05) is 6.61 Å². The van der Waals surface area contributed by atoms with Crippen LogP contribution in [0.1, 0.15) is 39.3 Å². The molecule has 0 saturated carbocycles. The van der Waals surface area contributed by atoms with E-state index in [2.05, 4.69) is 5.32 Å². The molecule has 6 heteroatoms. The highest BCUT2D eigenvalue weighted by Gasteiger charge is 2.18. The van der Waals surface area contributed by atoms with Gasteiger partial charge in [-0.2, -0.15) is 0 Å². The van der Waals surface area contributed by atoms with E-state index >= 15 is 0 Å². The van der Waals surface area contributed by atoms with Gasteiger partial charge >= 0.3 is 11.9 Å². The summed E-state index contributed by atoms with van der Waals surface area (Å²) in [5.74, 6) is -1.62. The van der Waals surface area contributed by atoms with Gasteiger partial charge in [-0.05, 0) is 19.4 Å². The molecule has 0 saturated heterocycles. The number of rotatable bonds is 8. The van der Waals surface area contributed by atoms with Crippen molar-refractivity contribution in [3.05, 3.63) is 48.0 Å². The molecule has 136 valence electrons.